The summed E-state index contributed by atoms with van der Waals surface area (Å²) >= 11 is 2.95. The Morgan fingerprint density at radius 1 is 1.64 bits per heavy atom. The lowest BCUT2D eigenvalue weighted by Crippen LogP contribution is -2.06. The fraction of sp³-hybridized carbons (Fsp3) is 0.375. The van der Waals surface area contributed by atoms with Gasteiger partial charge >= 0.3 is 0 Å². The SMILES string of the molecule is CSc1nc(C#N)c(N=CN(C)C)s1. The van der Waals surface area contributed by atoms with E-state index in [9.17, 15) is 0 Å². The molecular weight excluding hydrogens is 216 g/mol. The maximum Gasteiger partial charge on any atom is 0.178 e. The molecule has 1 heterocycles. The number of nitrogens with zero attached hydrogens (tertiary/aromatic N) is 4. The second-order valence-corrected chi connectivity index (χ2v) is 4.69. The van der Waals surface area contributed by atoms with Gasteiger partial charge in [-0.05, 0) is 6.26 Å². The highest BCUT2D eigenvalue weighted by molar-refractivity contribution is 8.00. The van der Waals surface area contributed by atoms with E-state index in [0.29, 0.717) is 10.7 Å². The number of hydrogen-bond donors (Lipinski definition) is 0. The summed E-state index contributed by atoms with van der Waals surface area (Å²) in [6.07, 6.45) is 3.60. The van der Waals surface area contributed by atoms with Crippen molar-refractivity contribution < 1.29 is 0 Å². The standard InChI is InChI=1S/C8H10N4S2/c1-12(2)5-10-7-6(4-9)11-8(13-3)14-7/h5H,1-3H3. The molecule has 0 bridgehead atoms. The van der Waals surface area contributed by atoms with Crippen molar-refractivity contribution >= 4 is 34.4 Å². The second kappa shape index (κ2) is 4.98. The third-order valence-corrected chi connectivity index (χ3v) is 3.22. The van der Waals surface area contributed by atoms with Crippen LogP contribution in [0.5, 0.6) is 0 Å². The van der Waals surface area contributed by atoms with Crippen LogP contribution in [0, 0.1) is 11.3 Å². The average Bonchev–Trinajstić information content (AvgIpc) is 2.57. The molecule has 14 heavy (non-hydrogen) atoms. The van der Waals surface area contributed by atoms with Gasteiger partial charge in [-0.25, -0.2) is 9.98 Å². The van der Waals surface area contributed by atoms with Crippen LogP contribution in [0.25, 0.3) is 0 Å². The summed E-state index contributed by atoms with van der Waals surface area (Å²) in [7, 11) is 3.76. The van der Waals surface area contributed by atoms with E-state index >= 15 is 0 Å². The van der Waals surface area contributed by atoms with Crippen molar-refractivity contribution in [3.05, 3.63) is 5.69 Å². The number of aromatic nitrogens is 1. The minimum absolute atomic E-state index is 0.400. The van der Waals surface area contributed by atoms with Gasteiger partial charge in [0.1, 0.15) is 6.07 Å². The molecule has 0 aliphatic heterocycles. The third-order valence-electron chi connectivity index (χ3n) is 1.28. The molecule has 0 unspecified atom stereocenters. The van der Waals surface area contributed by atoms with E-state index in [1.165, 1.54) is 23.1 Å². The number of thioether (sulfide) groups is 1. The van der Waals surface area contributed by atoms with Crippen LogP contribution in [0.3, 0.4) is 0 Å². The van der Waals surface area contributed by atoms with E-state index < -0.39 is 0 Å². The average molecular weight is 226 g/mol. The van der Waals surface area contributed by atoms with Gasteiger partial charge in [-0.1, -0.05) is 23.1 Å². The number of thiazole rings is 1. The van der Waals surface area contributed by atoms with Crippen LogP contribution in [-0.2, 0) is 0 Å². The third kappa shape index (κ3) is 2.72. The normalized spacial score (nSPS) is 10.4. The molecule has 0 N–H and O–H groups in total. The van der Waals surface area contributed by atoms with E-state index in [1.54, 1.807) is 6.34 Å². The molecule has 1 aromatic rings. The Balaban J connectivity index is 2.96. The van der Waals surface area contributed by atoms with E-state index in [0.717, 1.165) is 4.34 Å². The molecule has 0 fully saturated rings. The number of nitriles is 1. The van der Waals surface area contributed by atoms with Crippen molar-refractivity contribution in [2.45, 2.75) is 4.34 Å². The Bertz CT molecular complexity index is 375. The highest BCUT2D eigenvalue weighted by Crippen LogP contribution is 2.31. The van der Waals surface area contributed by atoms with Crippen LogP contribution >= 0.6 is 23.1 Å². The first-order valence-electron chi connectivity index (χ1n) is 3.83. The summed E-state index contributed by atoms with van der Waals surface area (Å²) in [5.41, 5.74) is 0.400. The minimum atomic E-state index is 0.400. The van der Waals surface area contributed by atoms with Crippen LogP contribution < -0.4 is 0 Å². The molecule has 1 rings (SSSR count). The number of hydrogen-bond acceptors (Lipinski definition) is 5. The van der Waals surface area contributed by atoms with E-state index in [4.69, 9.17) is 5.26 Å². The lowest BCUT2D eigenvalue weighted by atomic mass is 10.5. The van der Waals surface area contributed by atoms with Gasteiger partial charge in [0.25, 0.3) is 0 Å². The van der Waals surface area contributed by atoms with Gasteiger partial charge in [-0.15, -0.1) is 0 Å². The zero-order valence-corrected chi connectivity index (χ0v) is 9.82. The van der Waals surface area contributed by atoms with Gasteiger partial charge in [-0.2, -0.15) is 5.26 Å². The number of aliphatic imine (C=N–C) groups is 1. The highest BCUT2D eigenvalue weighted by atomic mass is 32.2. The molecule has 4 nitrogen and oxygen atoms in total. The summed E-state index contributed by atoms with van der Waals surface area (Å²) in [5, 5.41) is 9.46. The molecule has 1 aromatic heterocycles. The van der Waals surface area contributed by atoms with Gasteiger partial charge in [-0.3, -0.25) is 0 Å². The van der Waals surface area contributed by atoms with Gasteiger partial charge < -0.3 is 4.90 Å². The smallest absolute Gasteiger partial charge is 0.178 e. The lowest BCUT2D eigenvalue weighted by Gasteiger charge is -2.00. The summed E-state index contributed by atoms with van der Waals surface area (Å²) < 4.78 is 0.868. The molecule has 0 aromatic carbocycles. The zero-order valence-electron chi connectivity index (χ0n) is 8.18. The van der Waals surface area contributed by atoms with Crippen molar-refractivity contribution in [3.8, 4) is 6.07 Å². The first kappa shape index (κ1) is 11.0. The maximum atomic E-state index is 8.79. The van der Waals surface area contributed by atoms with Gasteiger partial charge in [0.05, 0.1) is 6.34 Å². The lowest BCUT2D eigenvalue weighted by molar-refractivity contribution is 0.643. The number of rotatable bonds is 3. The molecule has 0 atom stereocenters. The predicted octanol–water partition coefficient (Wildman–Crippen LogP) is 1.96. The molecule has 0 amide bonds. The Morgan fingerprint density at radius 2 is 2.36 bits per heavy atom. The molecule has 6 heteroatoms. The minimum Gasteiger partial charge on any atom is -0.369 e. The van der Waals surface area contributed by atoms with E-state index in [2.05, 4.69) is 9.98 Å². The van der Waals surface area contributed by atoms with Gasteiger partial charge in [0.15, 0.2) is 15.0 Å². The van der Waals surface area contributed by atoms with Crippen molar-refractivity contribution in [1.29, 1.82) is 5.26 Å². The van der Waals surface area contributed by atoms with Crippen molar-refractivity contribution in [1.82, 2.24) is 9.88 Å². The predicted molar refractivity (Wildman–Crippen MR) is 60.4 cm³/mol. The fourth-order valence-electron chi connectivity index (χ4n) is 0.709. The van der Waals surface area contributed by atoms with Gasteiger partial charge in [0.2, 0.25) is 0 Å². The molecule has 74 valence electrons. The Labute approximate surface area is 91.3 Å². The zero-order chi connectivity index (χ0) is 10.6. The van der Waals surface area contributed by atoms with Crippen LogP contribution in [0.4, 0.5) is 5.00 Å². The van der Waals surface area contributed by atoms with Crippen molar-refractivity contribution in [3.63, 3.8) is 0 Å². The highest BCUT2D eigenvalue weighted by Gasteiger charge is 2.08. The van der Waals surface area contributed by atoms with Crippen LogP contribution in [0.15, 0.2) is 9.33 Å². The Hall–Kier alpha value is -1.06. The largest absolute Gasteiger partial charge is 0.369 e. The molecule has 0 saturated carbocycles. The van der Waals surface area contributed by atoms with E-state index in [-0.39, 0.29) is 0 Å². The molecule has 0 spiro atoms. The summed E-state index contributed by atoms with van der Waals surface area (Å²) in [5.74, 6) is 0. The summed E-state index contributed by atoms with van der Waals surface area (Å²) in [6, 6.07) is 2.03. The molecule has 0 aliphatic rings. The maximum absolute atomic E-state index is 8.79. The topological polar surface area (TPSA) is 52.3 Å². The quantitative estimate of drug-likeness (QED) is 0.449. The Morgan fingerprint density at radius 3 is 2.86 bits per heavy atom. The second-order valence-electron chi connectivity index (χ2n) is 2.66. The fourth-order valence-corrected chi connectivity index (χ4v) is 2.05. The summed E-state index contributed by atoms with van der Waals surface area (Å²) in [4.78, 5) is 10.1. The first-order valence-corrected chi connectivity index (χ1v) is 5.87. The molecule has 0 saturated heterocycles. The van der Waals surface area contributed by atoms with Crippen molar-refractivity contribution in [2.75, 3.05) is 20.4 Å². The van der Waals surface area contributed by atoms with Crippen molar-refractivity contribution in [2.24, 2.45) is 4.99 Å². The van der Waals surface area contributed by atoms with Crippen LogP contribution in [0.2, 0.25) is 0 Å². The van der Waals surface area contributed by atoms with Crippen LogP contribution in [0.1, 0.15) is 5.69 Å². The van der Waals surface area contributed by atoms with Gasteiger partial charge in [0, 0.05) is 14.1 Å². The van der Waals surface area contributed by atoms with Crippen LogP contribution in [-0.4, -0.2) is 36.6 Å². The monoisotopic (exact) mass is 226 g/mol. The first-order chi connectivity index (χ1) is 6.67. The Kier molecular flexibility index (Phi) is 3.92. The summed E-state index contributed by atoms with van der Waals surface area (Å²) in [6.45, 7) is 0. The molecular formula is C8H10N4S2. The van der Waals surface area contributed by atoms with E-state index in [1.807, 2.05) is 31.3 Å². The molecule has 0 radical (unpaired) electrons. The molecule has 0 aliphatic carbocycles.